The molecule has 2 bridgehead atoms. The Labute approximate surface area is 161 Å². The van der Waals surface area contributed by atoms with Crippen molar-refractivity contribution in [3.8, 4) is 0 Å². The quantitative estimate of drug-likeness (QED) is 0.780. The normalized spacial score (nSPS) is 36.0. The Kier molecular flexibility index (Phi) is 3.69. The minimum atomic E-state index is -4.54. The summed E-state index contributed by atoms with van der Waals surface area (Å²) in [5.41, 5.74) is -0.417. The van der Waals surface area contributed by atoms with Gasteiger partial charge in [-0.2, -0.15) is 13.2 Å². The number of halogens is 3. The highest BCUT2D eigenvalue weighted by atomic mass is 19.4. The Morgan fingerprint density at radius 1 is 1.00 bits per heavy atom. The van der Waals surface area contributed by atoms with Gasteiger partial charge in [0.25, 0.3) is 0 Å². The maximum absolute atomic E-state index is 13.3. The second kappa shape index (κ2) is 5.74. The van der Waals surface area contributed by atoms with Gasteiger partial charge in [-0.05, 0) is 75.0 Å². The van der Waals surface area contributed by atoms with Gasteiger partial charge < -0.3 is 5.32 Å². The number of hydrogen-bond donors (Lipinski definition) is 1. The molecule has 0 unspecified atom stereocenters. The van der Waals surface area contributed by atoms with Crippen LogP contribution in [0, 0.1) is 35.5 Å². The molecule has 4 saturated carbocycles. The lowest BCUT2D eigenvalue weighted by Crippen LogP contribution is -2.43. The molecule has 1 saturated heterocycles. The molecule has 6 atom stereocenters. The number of carbonyl (C=O) groups excluding carboxylic acids is 2. The van der Waals surface area contributed by atoms with Crippen LogP contribution in [-0.4, -0.2) is 17.9 Å². The molecule has 1 aliphatic heterocycles. The summed E-state index contributed by atoms with van der Waals surface area (Å²) in [6, 6.07) is 3.22. The first-order valence-electron chi connectivity index (χ1n) is 10.0. The molecule has 4 nitrogen and oxygen atoms in total. The lowest BCUT2D eigenvalue weighted by Gasteiger charge is -2.42. The third-order valence-corrected chi connectivity index (χ3v) is 7.16. The molecule has 0 radical (unpaired) electrons. The van der Waals surface area contributed by atoms with Crippen molar-refractivity contribution in [1.29, 1.82) is 0 Å². The van der Waals surface area contributed by atoms with Crippen molar-refractivity contribution in [2.45, 2.75) is 45.3 Å². The number of benzene rings is 1. The molecule has 0 aromatic heterocycles. The number of hydrogen-bond acceptors (Lipinski definition) is 3. The fourth-order valence-corrected chi connectivity index (χ4v) is 6.10. The largest absolute Gasteiger partial charge is 0.416 e. The minimum absolute atomic E-state index is 0.0426. The van der Waals surface area contributed by atoms with Crippen molar-refractivity contribution in [3.05, 3.63) is 23.8 Å². The van der Waals surface area contributed by atoms with Gasteiger partial charge in [-0.1, -0.05) is 0 Å². The van der Waals surface area contributed by atoms with Crippen molar-refractivity contribution >= 4 is 23.2 Å². The van der Waals surface area contributed by atoms with Gasteiger partial charge in [0, 0.05) is 6.04 Å². The summed E-state index contributed by atoms with van der Waals surface area (Å²) in [4.78, 5) is 27.7. The highest BCUT2D eigenvalue weighted by molar-refractivity contribution is 6.23. The van der Waals surface area contributed by atoms with Gasteiger partial charge in [-0.15, -0.1) is 0 Å². The molecule has 1 aromatic rings. The smallest absolute Gasteiger partial charge is 0.381 e. The minimum Gasteiger partial charge on any atom is -0.381 e. The third-order valence-electron chi connectivity index (χ3n) is 7.16. The number of amides is 2. The van der Waals surface area contributed by atoms with Gasteiger partial charge in [-0.3, -0.25) is 9.59 Å². The molecular weight excluding hydrogens is 369 g/mol. The maximum atomic E-state index is 13.3. The molecule has 4 aliphatic carbocycles. The van der Waals surface area contributed by atoms with E-state index >= 15 is 0 Å². The zero-order chi connectivity index (χ0) is 20.0. The van der Waals surface area contributed by atoms with Crippen LogP contribution in [0.2, 0.25) is 0 Å². The standard InChI is InChI=1S/C21H23F3N2O2/c1-9(2)25-15-6-3-10(21(22,23)24)7-16(15)26-19(27)17-11-4-5-12(14-8-13(11)14)18(17)20(26)28/h3,6-7,9,11-14,17-18,25H,4-5,8H2,1-2H3/t11-,12+,13-,14+,17-,18+. The van der Waals surface area contributed by atoms with E-state index in [4.69, 9.17) is 0 Å². The maximum Gasteiger partial charge on any atom is 0.416 e. The van der Waals surface area contributed by atoms with Gasteiger partial charge in [0.05, 0.1) is 28.8 Å². The number of alkyl halides is 3. The van der Waals surface area contributed by atoms with E-state index in [1.165, 1.54) is 6.07 Å². The van der Waals surface area contributed by atoms with Gasteiger partial charge in [-0.25, -0.2) is 4.90 Å². The van der Waals surface area contributed by atoms with Crippen molar-refractivity contribution in [2.24, 2.45) is 35.5 Å². The summed E-state index contributed by atoms with van der Waals surface area (Å²) >= 11 is 0. The highest BCUT2D eigenvalue weighted by Crippen LogP contribution is 2.68. The number of nitrogens with one attached hydrogen (secondary N) is 1. The molecular formula is C21H23F3N2O2. The lowest BCUT2D eigenvalue weighted by atomic mass is 9.59. The van der Waals surface area contributed by atoms with Crippen LogP contribution in [0.5, 0.6) is 0 Å². The Morgan fingerprint density at radius 3 is 2.07 bits per heavy atom. The number of nitrogens with zero attached hydrogens (tertiary/aromatic N) is 1. The molecule has 5 fully saturated rings. The SMILES string of the molecule is CC(C)Nc1ccc(C(F)(F)F)cc1N1C(=O)[C@@H]2[C@@H]3CC[C@@H]([C@@H]4C[C@@H]43)[C@@H]2C1=O. The van der Waals surface area contributed by atoms with Crippen molar-refractivity contribution in [2.75, 3.05) is 10.2 Å². The van der Waals surface area contributed by atoms with E-state index in [0.717, 1.165) is 36.3 Å². The Morgan fingerprint density at radius 2 is 1.57 bits per heavy atom. The van der Waals surface area contributed by atoms with E-state index in [9.17, 15) is 22.8 Å². The average molecular weight is 392 g/mol. The molecule has 1 aromatic carbocycles. The van der Waals surface area contributed by atoms with E-state index in [1.807, 2.05) is 13.8 Å². The molecule has 0 spiro atoms. The van der Waals surface area contributed by atoms with Gasteiger partial charge in [0.15, 0.2) is 0 Å². The second-order valence-electron chi connectivity index (χ2n) is 9.06. The highest BCUT2D eigenvalue weighted by Gasteiger charge is 2.68. The molecule has 1 N–H and O–H groups in total. The zero-order valence-electron chi connectivity index (χ0n) is 15.8. The van der Waals surface area contributed by atoms with Crippen LogP contribution in [0.1, 0.15) is 38.7 Å². The summed E-state index contributed by atoms with van der Waals surface area (Å²) < 4.78 is 40.0. The topological polar surface area (TPSA) is 49.4 Å². The molecule has 6 rings (SSSR count). The van der Waals surface area contributed by atoms with Crippen LogP contribution in [0.3, 0.4) is 0 Å². The number of anilines is 2. The van der Waals surface area contributed by atoms with Crippen LogP contribution in [0.15, 0.2) is 18.2 Å². The Bertz CT molecular complexity index is 832. The summed E-state index contributed by atoms with van der Waals surface area (Å²) in [6.07, 6.45) is -1.52. The monoisotopic (exact) mass is 392 g/mol. The fraction of sp³-hybridized carbons (Fsp3) is 0.619. The molecule has 28 heavy (non-hydrogen) atoms. The molecule has 2 amide bonds. The first kappa shape index (κ1) is 18.0. The predicted octanol–water partition coefficient (Wildman–Crippen LogP) is 4.31. The zero-order valence-corrected chi connectivity index (χ0v) is 15.8. The summed E-state index contributed by atoms with van der Waals surface area (Å²) in [5.74, 6) is 0.190. The van der Waals surface area contributed by atoms with Crippen molar-refractivity contribution in [1.82, 2.24) is 0 Å². The Hall–Kier alpha value is -2.05. The van der Waals surface area contributed by atoms with Gasteiger partial charge >= 0.3 is 6.18 Å². The van der Waals surface area contributed by atoms with E-state index in [2.05, 4.69) is 5.32 Å². The molecule has 5 aliphatic rings. The van der Waals surface area contributed by atoms with Crippen LogP contribution < -0.4 is 10.2 Å². The number of imide groups is 1. The van der Waals surface area contributed by atoms with Crippen LogP contribution in [0.4, 0.5) is 24.5 Å². The van der Waals surface area contributed by atoms with E-state index in [0.29, 0.717) is 17.5 Å². The van der Waals surface area contributed by atoms with Crippen molar-refractivity contribution < 1.29 is 22.8 Å². The summed E-state index contributed by atoms with van der Waals surface area (Å²) in [7, 11) is 0. The van der Waals surface area contributed by atoms with E-state index in [1.54, 1.807) is 0 Å². The first-order chi connectivity index (χ1) is 13.2. The number of fused-ring (bicyclic) bond motifs is 1. The second-order valence-corrected chi connectivity index (χ2v) is 9.06. The molecule has 7 heteroatoms. The number of carbonyl (C=O) groups is 2. The van der Waals surface area contributed by atoms with E-state index in [-0.39, 0.29) is 47.2 Å². The Balaban J connectivity index is 1.58. The van der Waals surface area contributed by atoms with Gasteiger partial charge in [0.2, 0.25) is 11.8 Å². The molecule has 1 heterocycles. The summed E-state index contributed by atoms with van der Waals surface area (Å²) in [5, 5.41) is 3.09. The number of rotatable bonds is 3. The summed E-state index contributed by atoms with van der Waals surface area (Å²) in [6.45, 7) is 3.73. The van der Waals surface area contributed by atoms with E-state index < -0.39 is 11.7 Å². The third kappa shape index (κ3) is 2.44. The van der Waals surface area contributed by atoms with Crippen LogP contribution in [-0.2, 0) is 15.8 Å². The van der Waals surface area contributed by atoms with Crippen LogP contribution in [0.25, 0.3) is 0 Å². The molecule has 150 valence electrons. The van der Waals surface area contributed by atoms with Gasteiger partial charge in [0.1, 0.15) is 0 Å². The predicted molar refractivity (Wildman–Crippen MR) is 97.5 cm³/mol. The van der Waals surface area contributed by atoms with Crippen molar-refractivity contribution in [3.63, 3.8) is 0 Å². The first-order valence-corrected chi connectivity index (χ1v) is 10.0. The fourth-order valence-electron chi connectivity index (χ4n) is 6.10. The lowest BCUT2D eigenvalue weighted by molar-refractivity contribution is -0.137. The average Bonchev–Trinajstić information content (AvgIpc) is 3.39. The van der Waals surface area contributed by atoms with Crippen LogP contribution >= 0.6 is 0 Å².